The highest BCUT2D eigenvalue weighted by atomic mass is 16.5. The lowest BCUT2D eigenvalue weighted by atomic mass is 9.90. The van der Waals surface area contributed by atoms with Crippen molar-refractivity contribution in [1.82, 2.24) is 20.5 Å². The van der Waals surface area contributed by atoms with E-state index >= 15 is 0 Å². The first-order valence-electron chi connectivity index (χ1n) is 11.0. The van der Waals surface area contributed by atoms with Crippen LogP contribution in [0.5, 0.6) is 0 Å². The van der Waals surface area contributed by atoms with E-state index in [1.165, 1.54) is 0 Å². The molecule has 2 aliphatic heterocycles. The van der Waals surface area contributed by atoms with E-state index < -0.39 is 12.1 Å². The summed E-state index contributed by atoms with van der Waals surface area (Å²) in [5.41, 5.74) is 0.470. The molecule has 1 aromatic heterocycles. The summed E-state index contributed by atoms with van der Waals surface area (Å²) in [5, 5.41) is 5.73. The monoisotopic (exact) mass is 418 g/mol. The first-order chi connectivity index (χ1) is 14.3. The fraction of sp³-hybridized carbons (Fsp3) is 0.682. The van der Waals surface area contributed by atoms with Gasteiger partial charge in [0.2, 0.25) is 5.91 Å². The molecule has 0 saturated carbocycles. The molecule has 0 aromatic carbocycles. The maximum absolute atomic E-state index is 13.1. The van der Waals surface area contributed by atoms with Gasteiger partial charge in [0.25, 0.3) is 5.91 Å². The van der Waals surface area contributed by atoms with Gasteiger partial charge in [-0.25, -0.2) is 0 Å². The molecule has 0 radical (unpaired) electrons. The molecule has 2 fully saturated rings. The lowest BCUT2D eigenvalue weighted by Gasteiger charge is -2.27. The van der Waals surface area contributed by atoms with Gasteiger partial charge in [-0.15, -0.1) is 0 Å². The topological polar surface area (TPSA) is 104 Å². The highest BCUT2D eigenvalue weighted by Crippen LogP contribution is 2.19. The van der Waals surface area contributed by atoms with Crippen LogP contribution in [0.15, 0.2) is 18.5 Å². The zero-order valence-electron chi connectivity index (χ0n) is 18.1. The van der Waals surface area contributed by atoms with E-state index in [1.54, 1.807) is 18.5 Å². The van der Waals surface area contributed by atoms with Crippen LogP contribution >= 0.6 is 0 Å². The van der Waals surface area contributed by atoms with E-state index in [0.717, 1.165) is 25.9 Å². The van der Waals surface area contributed by atoms with Gasteiger partial charge in [-0.3, -0.25) is 14.4 Å². The molecule has 2 aliphatic rings. The summed E-state index contributed by atoms with van der Waals surface area (Å²) in [7, 11) is 0. The molecule has 0 bridgehead atoms. The van der Waals surface area contributed by atoms with Gasteiger partial charge in [-0.1, -0.05) is 20.8 Å². The Labute approximate surface area is 178 Å². The fourth-order valence-corrected chi connectivity index (χ4v) is 3.97. The van der Waals surface area contributed by atoms with Gasteiger partial charge in [-0.2, -0.15) is 0 Å². The Morgan fingerprint density at radius 1 is 1.27 bits per heavy atom. The van der Waals surface area contributed by atoms with Crippen LogP contribution in [0.3, 0.4) is 0 Å². The second-order valence-electron chi connectivity index (χ2n) is 8.89. The van der Waals surface area contributed by atoms with Crippen LogP contribution in [0.4, 0.5) is 0 Å². The molecule has 8 heteroatoms. The van der Waals surface area contributed by atoms with Gasteiger partial charge < -0.3 is 25.3 Å². The third kappa shape index (κ3) is 5.70. The lowest BCUT2D eigenvalue weighted by molar-refractivity contribution is -0.128. The number of hydrogen-bond acceptors (Lipinski definition) is 5. The summed E-state index contributed by atoms with van der Waals surface area (Å²) in [6, 6.07) is 0.279. The molecule has 1 aromatic rings. The third-order valence-corrected chi connectivity index (χ3v) is 6.32. The van der Waals surface area contributed by atoms with Crippen molar-refractivity contribution in [3.63, 3.8) is 0 Å². The van der Waals surface area contributed by atoms with Crippen molar-refractivity contribution in [3.05, 3.63) is 24.0 Å². The van der Waals surface area contributed by atoms with Gasteiger partial charge >= 0.3 is 0 Å². The molecule has 3 N–H and O–H groups in total. The summed E-state index contributed by atoms with van der Waals surface area (Å²) in [5.74, 6) is -0.163. The summed E-state index contributed by atoms with van der Waals surface area (Å²) in [4.78, 5) is 43.2. The normalized spacial score (nSPS) is 24.2. The first kappa shape index (κ1) is 22.5. The summed E-state index contributed by atoms with van der Waals surface area (Å²) < 4.78 is 5.68. The maximum atomic E-state index is 13.1. The molecular weight excluding hydrogens is 384 g/mol. The number of aromatic nitrogens is 1. The molecule has 166 valence electrons. The summed E-state index contributed by atoms with van der Waals surface area (Å²) in [6.07, 6.45) is 5.71. The van der Waals surface area contributed by atoms with Gasteiger partial charge in [0.15, 0.2) is 5.78 Å². The highest BCUT2D eigenvalue weighted by Gasteiger charge is 2.39. The molecule has 3 rings (SSSR count). The fourth-order valence-electron chi connectivity index (χ4n) is 3.97. The Kier molecular flexibility index (Phi) is 7.66. The smallest absolute Gasteiger partial charge is 0.253 e. The Balaban J connectivity index is 1.67. The first-order valence-corrected chi connectivity index (χ1v) is 11.0. The Morgan fingerprint density at radius 2 is 2.00 bits per heavy atom. The van der Waals surface area contributed by atoms with E-state index in [2.05, 4.69) is 41.3 Å². The number of ketones is 1. The van der Waals surface area contributed by atoms with Crippen molar-refractivity contribution >= 4 is 17.6 Å². The molecule has 3 unspecified atom stereocenters. The van der Waals surface area contributed by atoms with E-state index in [0.29, 0.717) is 24.4 Å². The van der Waals surface area contributed by atoms with Crippen LogP contribution in [0, 0.1) is 11.8 Å². The minimum absolute atomic E-state index is 0.0201. The third-order valence-electron chi connectivity index (χ3n) is 6.32. The zero-order chi connectivity index (χ0) is 21.7. The van der Waals surface area contributed by atoms with Crippen LogP contribution in [-0.2, 0) is 14.3 Å². The van der Waals surface area contributed by atoms with E-state index in [1.807, 2.05) is 0 Å². The number of aromatic amines is 1. The minimum atomic E-state index is -0.717. The number of amides is 2. The molecular formula is C22H34N4O4. The van der Waals surface area contributed by atoms with E-state index in [9.17, 15) is 14.4 Å². The summed E-state index contributed by atoms with van der Waals surface area (Å²) >= 11 is 0. The number of Topliss-reactive ketones (excluding diaryl/α,β-unsaturated/α-hetero) is 1. The minimum Gasteiger partial charge on any atom is -0.367 e. The standard InChI is InChI=1S/C22H34N4O4/c1-14(2)15(3)10-17(24-21(28)16-6-7-23-11-16)22(29)25-20-18(27)13-30-19(20)12-26-8-4-5-9-26/h6-7,11,14-15,17,19-20,23H,4-5,8-10,12-13H2,1-3H3,(H,24,28)(H,25,29)/t15?,17-,19?,20?/m0/s1. The van der Waals surface area contributed by atoms with Crippen molar-refractivity contribution in [2.24, 2.45) is 11.8 Å². The largest absolute Gasteiger partial charge is 0.367 e. The number of H-pyrrole nitrogens is 1. The van der Waals surface area contributed by atoms with Gasteiger partial charge in [0.1, 0.15) is 18.7 Å². The number of ether oxygens (including phenoxy) is 1. The van der Waals surface area contributed by atoms with Gasteiger partial charge in [0.05, 0.1) is 11.7 Å². The van der Waals surface area contributed by atoms with Crippen molar-refractivity contribution in [2.45, 2.75) is 58.2 Å². The average molecular weight is 419 g/mol. The molecule has 2 amide bonds. The molecule has 0 aliphatic carbocycles. The van der Waals surface area contributed by atoms with Gasteiger partial charge in [0, 0.05) is 18.9 Å². The molecule has 4 atom stereocenters. The van der Waals surface area contributed by atoms with Crippen LogP contribution < -0.4 is 10.6 Å². The molecule has 8 nitrogen and oxygen atoms in total. The zero-order valence-corrected chi connectivity index (χ0v) is 18.1. The SMILES string of the molecule is CC(C)C(C)C[C@H](NC(=O)c1cc[nH]c1)C(=O)NC1C(=O)COC1CN1CCCC1. The predicted octanol–water partition coefficient (Wildman–Crippen LogP) is 1.34. The number of nitrogens with one attached hydrogen (secondary N) is 3. The average Bonchev–Trinajstić information content (AvgIpc) is 3.46. The number of carbonyl (C=O) groups excluding carboxylic acids is 3. The number of carbonyl (C=O) groups is 3. The molecule has 2 saturated heterocycles. The van der Waals surface area contributed by atoms with Crippen LogP contribution in [0.1, 0.15) is 50.4 Å². The quantitative estimate of drug-likeness (QED) is 0.562. The van der Waals surface area contributed by atoms with E-state index in [4.69, 9.17) is 4.74 Å². The van der Waals surface area contributed by atoms with Gasteiger partial charge in [-0.05, 0) is 50.3 Å². The second kappa shape index (κ2) is 10.2. The van der Waals surface area contributed by atoms with Crippen molar-refractivity contribution in [2.75, 3.05) is 26.2 Å². The number of nitrogens with zero attached hydrogens (tertiary/aromatic N) is 1. The van der Waals surface area contributed by atoms with Crippen molar-refractivity contribution in [1.29, 1.82) is 0 Å². The highest BCUT2D eigenvalue weighted by molar-refractivity contribution is 5.98. The van der Waals surface area contributed by atoms with E-state index in [-0.39, 0.29) is 36.2 Å². The predicted molar refractivity (Wildman–Crippen MR) is 113 cm³/mol. The second-order valence-corrected chi connectivity index (χ2v) is 8.89. The number of rotatable bonds is 9. The Hall–Kier alpha value is -2.19. The van der Waals surface area contributed by atoms with Crippen LogP contribution in [-0.4, -0.2) is 71.9 Å². The Morgan fingerprint density at radius 3 is 2.63 bits per heavy atom. The molecule has 0 spiro atoms. The Bertz CT molecular complexity index is 728. The molecule has 30 heavy (non-hydrogen) atoms. The summed E-state index contributed by atoms with van der Waals surface area (Å²) in [6.45, 7) is 8.90. The van der Waals surface area contributed by atoms with Crippen molar-refractivity contribution in [3.8, 4) is 0 Å². The van der Waals surface area contributed by atoms with Crippen LogP contribution in [0.2, 0.25) is 0 Å². The van der Waals surface area contributed by atoms with Crippen molar-refractivity contribution < 1.29 is 19.1 Å². The number of hydrogen-bond donors (Lipinski definition) is 3. The number of likely N-dealkylation sites (tertiary alicyclic amines) is 1. The maximum Gasteiger partial charge on any atom is 0.253 e. The molecule has 3 heterocycles. The lowest BCUT2D eigenvalue weighted by Crippen LogP contribution is -2.55. The van der Waals surface area contributed by atoms with Crippen LogP contribution in [0.25, 0.3) is 0 Å².